The van der Waals surface area contributed by atoms with Crippen molar-refractivity contribution in [3.8, 4) is 11.8 Å². The van der Waals surface area contributed by atoms with Gasteiger partial charge >= 0.3 is 0 Å². The van der Waals surface area contributed by atoms with Crippen LogP contribution in [0.15, 0.2) is 18.2 Å². The van der Waals surface area contributed by atoms with Crippen molar-refractivity contribution in [1.29, 1.82) is 0 Å². The van der Waals surface area contributed by atoms with Gasteiger partial charge in [0, 0.05) is 18.4 Å². The maximum absolute atomic E-state index is 13.8. The second kappa shape index (κ2) is 7.06. The minimum Gasteiger partial charge on any atom is -0.395 e. The first-order chi connectivity index (χ1) is 9.69. The summed E-state index contributed by atoms with van der Waals surface area (Å²) in [7, 11) is 0. The molecule has 4 heteroatoms. The van der Waals surface area contributed by atoms with E-state index in [1.54, 1.807) is 6.07 Å². The van der Waals surface area contributed by atoms with E-state index in [4.69, 9.17) is 5.11 Å². The predicted molar refractivity (Wildman–Crippen MR) is 75.6 cm³/mol. The molecule has 1 fully saturated rings. The number of aliphatic hydroxyl groups excluding tert-OH is 1. The van der Waals surface area contributed by atoms with E-state index in [0.29, 0.717) is 24.3 Å². The van der Waals surface area contributed by atoms with Crippen molar-refractivity contribution < 1.29 is 14.3 Å². The number of anilines is 1. The number of nitrogens with one attached hydrogen (secondary N) is 1. The molecule has 1 saturated carbocycles. The zero-order valence-corrected chi connectivity index (χ0v) is 11.3. The van der Waals surface area contributed by atoms with E-state index < -0.39 is 5.82 Å². The number of carbonyl (C=O) groups excluding carboxylic acids is 1. The number of halogens is 1. The quantitative estimate of drug-likeness (QED) is 0.830. The maximum Gasteiger partial charge on any atom is 0.224 e. The van der Waals surface area contributed by atoms with Crippen LogP contribution in [0.2, 0.25) is 0 Å². The average Bonchev–Trinajstić information content (AvgIpc) is 2.37. The molecule has 0 radical (unpaired) electrons. The van der Waals surface area contributed by atoms with Gasteiger partial charge in [0.1, 0.15) is 5.82 Å². The highest BCUT2D eigenvalue weighted by molar-refractivity contribution is 5.91. The SMILES string of the molecule is O=C(CC1CCC1)Nc1ccc(C#CCCO)cc1F. The van der Waals surface area contributed by atoms with E-state index in [2.05, 4.69) is 17.2 Å². The van der Waals surface area contributed by atoms with Gasteiger partial charge in [0.05, 0.1) is 12.3 Å². The van der Waals surface area contributed by atoms with Gasteiger partial charge < -0.3 is 10.4 Å². The Morgan fingerprint density at radius 1 is 1.45 bits per heavy atom. The highest BCUT2D eigenvalue weighted by Gasteiger charge is 2.21. The van der Waals surface area contributed by atoms with E-state index in [1.807, 2.05) is 0 Å². The maximum atomic E-state index is 13.8. The average molecular weight is 275 g/mol. The Morgan fingerprint density at radius 3 is 2.85 bits per heavy atom. The zero-order chi connectivity index (χ0) is 14.4. The van der Waals surface area contributed by atoms with Crippen LogP contribution < -0.4 is 5.32 Å². The molecule has 1 aromatic rings. The second-order valence-electron chi connectivity index (χ2n) is 5.02. The number of aliphatic hydroxyl groups is 1. The summed E-state index contributed by atoms with van der Waals surface area (Å²) in [6, 6.07) is 4.48. The predicted octanol–water partition coefficient (Wildman–Crippen LogP) is 2.69. The molecule has 0 atom stereocenters. The van der Waals surface area contributed by atoms with Crippen LogP contribution in [0, 0.1) is 23.6 Å². The lowest BCUT2D eigenvalue weighted by molar-refractivity contribution is -0.117. The molecule has 20 heavy (non-hydrogen) atoms. The molecule has 106 valence electrons. The summed E-state index contributed by atoms with van der Waals surface area (Å²) in [6.45, 7) is -0.00914. The van der Waals surface area contributed by atoms with Crippen molar-refractivity contribution >= 4 is 11.6 Å². The molecule has 1 amide bonds. The van der Waals surface area contributed by atoms with Crippen LogP contribution in [0.1, 0.15) is 37.7 Å². The van der Waals surface area contributed by atoms with E-state index >= 15 is 0 Å². The number of hydrogen-bond donors (Lipinski definition) is 2. The molecule has 3 nitrogen and oxygen atoms in total. The number of carbonyl (C=O) groups is 1. The van der Waals surface area contributed by atoms with Gasteiger partial charge in [-0.05, 0) is 37.0 Å². The van der Waals surface area contributed by atoms with E-state index in [-0.39, 0.29) is 18.2 Å². The van der Waals surface area contributed by atoms with Gasteiger partial charge in [-0.2, -0.15) is 0 Å². The van der Waals surface area contributed by atoms with Crippen LogP contribution in [0.3, 0.4) is 0 Å². The summed E-state index contributed by atoms with van der Waals surface area (Å²) in [5.41, 5.74) is 0.731. The summed E-state index contributed by atoms with van der Waals surface area (Å²) in [5, 5.41) is 11.2. The first-order valence-corrected chi connectivity index (χ1v) is 6.88. The lowest BCUT2D eigenvalue weighted by Crippen LogP contribution is -2.21. The monoisotopic (exact) mass is 275 g/mol. The normalized spacial score (nSPS) is 14.1. The molecule has 0 aliphatic heterocycles. The Morgan fingerprint density at radius 2 is 2.25 bits per heavy atom. The topological polar surface area (TPSA) is 49.3 Å². The molecule has 0 bridgehead atoms. The molecule has 2 rings (SSSR count). The third-order valence-corrected chi connectivity index (χ3v) is 3.41. The van der Waals surface area contributed by atoms with Crippen molar-refractivity contribution in [2.24, 2.45) is 5.92 Å². The Labute approximate surface area is 118 Å². The second-order valence-corrected chi connectivity index (χ2v) is 5.02. The minimum absolute atomic E-state index is 0.00914. The molecule has 0 spiro atoms. The molecular formula is C16H18FNO2. The summed E-state index contributed by atoms with van der Waals surface area (Å²) in [5.74, 6) is 5.33. The molecule has 0 unspecified atom stereocenters. The van der Waals surface area contributed by atoms with Crippen molar-refractivity contribution in [2.45, 2.75) is 32.1 Å². The molecule has 0 saturated heterocycles. The summed E-state index contributed by atoms with van der Waals surface area (Å²) < 4.78 is 13.8. The summed E-state index contributed by atoms with van der Waals surface area (Å²) in [6.07, 6.45) is 4.21. The minimum atomic E-state index is -0.484. The number of benzene rings is 1. The fourth-order valence-corrected chi connectivity index (χ4v) is 2.08. The number of amides is 1. The Balaban J connectivity index is 1.95. The van der Waals surface area contributed by atoms with Crippen molar-refractivity contribution in [1.82, 2.24) is 0 Å². The van der Waals surface area contributed by atoms with Crippen LogP contribution in [-0.2, 0) is 4.79 Å². The molecule has 1 aliphatic rings. The summed E-state index contributed by atoms with van der Waals surface area (Å²) >= 11 is 0. The van der Waals surface area contributed by atoms with Gasteiger partial charge in [-0.25, -0.2) is 4.39 Å². The van der Waals surface area contributed by atoms with Crippen LogP contribution in [0.4, 0.5) is 10.1 Å². The van der Waals surface area contributed by atoms with Gasteiger partial charge in [-0.1, -0.05) is 18.3 Å². The van der Waals surface area contributed by atoms with Gasteiger partial charge in [-0.3, -0.25) is 4.79 Å². The fraction of sp³-hybridized carbons (Fsp3) is 0.438. The third kappa shape index (κ3) is 4.07. The largest absolute Gasteiger partial charge is 0.395 e. The highest BCUT2D eigenvalue weighted by Crippen LogP contribution is 2.29. The number of rotatable bonds is 4. The Bertz CT molecular complexity index is 541. The van der Waals surface area contributed by atoms with Crippen LogP contribution in [-0.4, -0.2) is 17.6 Å². The first-order valence-electron chi connectivity index (χ1n) is 6.88. The Kier molecular flexibility index (Phi) is 5.14. The van der Waals surface area contributed by atoms with E-state index in [9.17, 15) is 9.18 Å². The standard InChI is InChI=1S/C16H18FNO2/c17-14-10-13(4-1-2-9-19)7-8-15(14)18-16(20)11-12-5-3-6-12/h7-8,10,12,19H,2-3,5-6,9,11H2,(H,18,20). The van der Waals surface area contributed by atoms with Gasteiger partial charge in [-0.15, -0.1) is 0 Å². The van der Waals surface area contributed by atoms with Gasteiger partial charge in [0.25, 0.3) is 0 Å². The van der Waals surface area contributed by atoms with Crippen molar-refractivity contribution in [3.63, 3.8) is 0 Å². The van der Waals surface area contributed by atoms with Crippen LogP contribution >= 0.6 is 0 Å². The number of hydrogen-bond acceptors (Lipinski definition) is 2. The van der Waals surface area contributed by atoms with Crippen LogP contribution in [0.25, 0.3) is 0 Å². The van der Waals surface area contributed by atoms with Crippen molar-refractivity contribution in [3.05, 3.63) is 29.6 Å². The van der Waals surface area contributed by atoms with Gasteiger partial charge in [0.15, 0.2) is 0 Å². The molecular weight excluding hydrogens is 257 g/mol. The molecule has 0 heterocycles. The lowest BCUT2D eigenvalue weighted by atomic mass is 9.83. The van der Waals surface area contributed by atoms with Gasteiger partial charge in [0.2, 0.25) is 5.91 Å². The van der Waals surface area contributed by atoms with E-state index in [1.165, 1.54) is 18.6 Å². The molecule has 0 aromatic heterocycles. The van der Waals surface area contributed by atoms with E-state index in [0.717, 1.165) is 12.8 Å². The molecule has 1 aliphatic carbocycles. The smallest absolute Gasteiger partial charge is 0.224 e. The highest BCUT2D eigenvalue weighted by atomic mass is 19.1. The first kappa shape index (κ1) is 14.5. The fourth-order valence-electron chi connectivity index (χ4n) is 2.08. The molecule has 1 aromatic carbocycles. The Hall–Kier alpha value is -1.86. The third-order valence-electron chi connectivity index (χ3n) is 3.41. The van der Waals surface area contributed by atoms with Crippen LogP contribution in [0.5, 0.6) is 0 Å². The van der Waals surface area contributed by atoms with Crippen molar-refractivity contribution in [2.75, 3.05) is 11.9 Å². The summed E-state index contributed by atoms with van der Waals surface area (Å²) in [4.78, 5) is 11.7. The lowest BCUT2D eigenvalue weighted by Gasteiger charge is -2.24. The molecule has 2 N–H and O–H groups in total. The zero-order valence-electron chi connectivity index (χ0n) is 11.3.